The molecule has 0 aliphatic heterocycles. The quantitative estimate of drug-likeness (QED) is 0.850. The highest BCUT2D eigenvalue weighted by atomic mass is 16.2. The molecule has 2 atom stereocenters. The van der Waals surface area contributed by atoms with Gasteiger partial charge in [-0.25, -0.2) is 9.97 Å². The van der Waals surface area contributed by atoms with Gasteiger partial charge in [0.2, 0.25) is 5.91 Å². The number of hydrogen-bond acceptors (Lipinski definition) is 4. The monoisotopic (exact) mass is 338 g/mol. The summed E-state index contributed by atoms with van der Waals surface area (Å²) < 4.78 is 0. The van der Waals surface area contributed by atoms with Gasteiger partial charge in [-0.05, 0) is 31.4 Å². The Balaban J connectivity index is 1.70. The number of nitrogens with zero attached hydrogens (tertiary/aromatic N) is 2. The van der Waals surface area contributed by atoms with Crippen molar-refractivity contribution in [1.82, 2.24) is 20.6 Å². The third kappa shape index (κ3) is 4.86. The Morgan fingerprint density at radius 1 is 1.04 bits per heavy atom. The van der Waals surface area contributed by atoms with Crippen molar-refractivity contribution in [3.05, 3.63) is 60.2 Å². The van der Waals surface area contributed by atoms with E-state index in [-0.39, 0.29) is 18.0 Å². The minimum atomic E-state index is -0.323. The number of aromatic nitrogens is 2. The molecule has 0 bridgehead atoms. The summed E-state index contributed by atoms with van der Waals surface area (Å²) in [5.74, 6) is 0.717. The van der Waals surface area contributed by atoms with Crippen LogP contribution in [0.25, 0.3) is 0 Å². The fourth-order valence-corrected chi connectivity index (χ4v) is 3.32. The Kier molecular flexibility index (Phi) is 6.12. The largest absolute Gasteiger partial charge is 0.352 e. The second-order valence-electron chi connectivity index (χ2n) is 6.68. The van der Waals surface area contributed by atoms with Crippen LogP contribution in [0, 0.1) is 0 Å². The smallest absolute Gasteiger partial charge is 0.237 e. The zero-order chi connectivity index (χ0) is 17.5. The molecular weight excluding hydrogens is 312 g/mol. The van der Waals surface area contributed by atoms with E-state index in [9.17, 15) is 4.79 Å². The third-order valence-corrected chi connectivity index (χ3v) is 4.74. The standard InChI is InChI=1S/C20H26N4O/c1-15(20(25)24-17-11-6-3-7-12-17)23-18(16-9-4-2-5-10-16)19-21-13-8-14-22-19/h2,4-5,8-10,13-15,17-18,23H,3,6-7,11-12H2,1H3,(H,24,25)/t15-,18?/m0/s1. The van der Waals surface area contributed by atoms with E-state index in [4.69, 9.17) is 0 Å². The van der Waals surface area contributed by atoms with Gasteiger partial charge in [0.15, 0.2) is 0 Å². The van der Waals surface area contributed by atoms with Crippen LogP contribution in [0.2, 0.25) is 0 Å². The Morgan fingerprint density at radius 2 is 1.72 bits per heavy atom. The van der Waals surface area contributed by atoms with Crippen molar-refractivity contribution >= 4 is 5.91 Å². The number of amides is 1. The van der Waals surface area contributed by atoms with Crippen molar-refractivity contribution < 1.29 is 4.79 Å². The molecule has 1 aromatic carbocycles. The van der Waals surface area contributed by atoms with Gasteiger partial charge in [-0.1, -0.05) is 49.6 Å². The first-order valence-corrected chi connectivity index (χ1v) is 9.12. The molecule has 3 rings (SSSR count). The lowest BCUT2D eigenvalue weighted by Crippen LogP contribution is -2.48. The fourth-order valence-electron chi connectivity index (χ4n) is 3.32. The van der Waals surface area contributed by atoms with E-state index in [1.165, 1.54) is 19.3 Å². The highest BCUT2D eigenvalue weighted by Gasteiger charge is 2.24. The van der Waals surface area contributed by atoms with Crippen LogP contribution in [0.15, 0.2) is 48.8 Å². The predicted molar refractivity (Wildman–Crippen MR) is 97.9 cm³/mol. The van der Waals surface area contributed by atoms with E-state index >= 15 is 0 Å². The molecule has 0 saturated heterocycles. The zero-order valence-corrected chi connectivity index (χ0v) is 14.7. The minimum absolute atomic E-state index is 0.0452. The van der Waals surface area contributed by atoms with Gasteiger partial charge in [-0.15, -0.1) is 0 Å². The number of carbonyl (C=O) groups excluding carboxylic acids is 1. The van der Waals surface area contributed by atoms with Crippen LogP contribution in [0.3, 0.4) is 0 Å². The van der Waals surface area contributed by atoms with Crippen molar-refractivity contribution in [2.75, 3.05) is 0 Å². The molecule has 5 nitrogen and oxygen atoms in total. The van der Waals surface area contributed by atoms with Gasteiger partial charge in [0.1, 0.15) is 5.82 Å². The average Bonchev–Trinajstić information content (AvgIpc) is 2.68. The van der Waals surface area contributed by atoms with Crippen molar-refractivity contribution in [2.24, 2.45) is 0 Å². The Labute approximate surface area is 149 Å². The van der Waals surface area contributed by atoms with Gasteiger partial charge in [0, 0.05) is 18.4 Å². The van der Waals surface area contributed by atoms with Crippen LogP contribution >= 0.6 is 0 Å². The molecule has 1 unspecified atom stereocenters. The maximum absolute atomic E-state index is 12.6. The molecule has 2 aromatic rings. The molecule has 25 heavy (non-hydrogen) atoms. The lowest BCUT2D eigenvalue weighted by atomic mass is 9.95. The molecule has 1 aromatic heterocycles. The molecule has 5 heteroatoms. The molecule has 1 amide bonds. The number of rotatable bonds is 6. The summed E-state index contributed by atoms with van der Waals surface area (Å²) in [6.45, 7) is 1.90. The molecule has 1 aliphatic rings. The second kappa shape index (κ2) is 8.72. The van der Waals surface area contributed by atoms with E-state index in [0.717, 1.165) is 18.4 Å². The molecule has 2 N–H and O–H groups in total. The summed E-state index contributed by atoms with van der Waals surface area (Å²) in [4.78, 5) is 21.4. The van der Waals surface area contributed by atoms with Crippen LogP contribution < -0.4 is 10.6 Å². The molecule has 1 saturated carbocycles. The number of nitrogens with one attached hydrogen (secondary N) is 2. The Bertz CT molecular complexity index is 616. The van der Waals surface area contributed by atoms with E-state index in [2.05, 4.69) is 20.6 Å². The first kappa shape index (κ1) is 17.5. The van der Waals surface area contributed by atoms with Gasteiger partial charge < -0.3 is 5.32 Å². The summed E-state index contributed by atoms with van der Waals surface area (Å²) in [6, 6.07) is 11.6. The molecule has 1 fully saturated rings. The van der Waals surface area contributed by atoms with E-state index < -0.39 is 0 Å². The first-order valence-electron chi connectivity index (χ1n) is 9.12. The fraction of sp³-hybridized carbons (Fsp3) is 0.450. The molecule has 1 heterocycles. The summed E-state index contributed by atoms with van der Waals surface area (Å²) in [5, 5.41) is 6.59. The number of carbonyl (C=O) groups is 1. The molecule has 0 radical (unpaired) electrons. The third-order valence-electron chi connectivity index (χ3n) is 4.74. The van der Waals surface area contributed by atoms with Crippen LogP contribution in [0.4, 0.5) is 0 Å². The maximum Gasteiger partial charge on any atom is 0.237 e. The van der Waals surface area contributed by atoms with Gasteiger partial charge in [0.25, 0.3) is 0 Å². The molecule has 0 spiro atoms. The van der Waals surface area contributed by atoms with Crippen molar-refractivity contribution in [1.29, 1.82) is 0 Å². The lowest BCUT2D eigenvalue weighted by molar-refractivity contribution is -0.123. The average molecular weight is 338 g/mol. The summed E-state index contributed by atoms with van der Waals surface area (Å²) >= 11 is 0. The SMILES string of the molecule is C[C@H](NC(c1ccccc1)c1ncccn1)C(=O)NC1CCCCC1. The van der Waals surface area contributed by atoms with Crippen LogP contribution in [0.5, 0.6) is 0 Å². The van der Waals surface area contributed by atoms with E-state index in [1.807, 2.05) is 37.3 Å². The Morgan fingerprint density at radius 3 is 2.40 bits per heavy atom. The summed E-state index contributed by atoms with van der Waals surface area (Å²) in [7, 11) is 0. The summed E-state index contributed by atoms with van der Waals surface area (Å²) in [5.41, 5.74) is 1.05. The normalized spacial score (nSPS) is 17.6. The highest BCUT2D eigenvalue weighted by molar-refractivity contribution is 5.81. The summed E-state index contributed by atoms with van der Waals surface area (Å²) in [6.07, 6.45) is 9.32. The van der Waals surface area contributed by atoms with Crippen molar-refractivity contribution in [2.45, 2.75) is 57.2 Å². The van der Waals surface area contributed by atoms with Gasteiger partial charge >= 0.3 is 0 Å². The van der Waals surface area contributed by atoms with Crippen molar-refractivity contribution in [3.8, 4) is 0 Å². The zero-order valence-electron chi connectivity index (χ0n) is 14.7. The maximum atomic E-state index is 12.6. The van der Waals surface area contributed by atoms with Gasteiger partial charge in [-0.3, -0.25) is 10.1 Å². The molecule has 1 aliphatic carbocycles. The van der Waals surface area contributed by atoms with Crippen LogP contribution in [0.1, 0.15) is 56.5 Å². The van der Waals surface area contributed by atoms with E-state index in [0.29, 0.717) is 11.9 Å². The second-order valence-corrected chi connectivity index (χ2v) is 6.68. The highest BCUT2D eigenvalue weighted by Crippen LogP contribution is 2.20. The van der Waals surface area contributed by atoms with Gasteiger partial charge in [0.05, 0.1) is 12.1 Å². The van der Waals surface area contributed by atoms with Crippen molar-refractivity contribution in [3.63, 3.8) is 0 Å². The number of benzene rings is 1. The molecule has 132 valence electrons. The van der Waals surface area contributed by atoms with Crippen LogP contribution in [-0.2, 0) is 4.79 Å². The van der Waals surface area contributed by atoms with Crippen LogP contribution in [-0.4, -0.2) is 28.0 Å². The lowest BCUT2D eigenvalue weighted by Gasteiger charge is -2.26. The topological polar surface area (TPSA) is 66.9 Å². The predicted octanol–water partition coefficient (Wildman–Crippen LogP) is 2.99. The molecular formula is C20H26N4O. The Hall–Kier alpha value is -2.27. The van der Waals surface area contributed by atoms with E-state index in [1.54, 1.807) is 18.5 Å². The number of hydrogen-bond donors (Lipinski definition) is 2. The van der Waals surface area contributed by atoms with Gasteiger partial charge in [-0.2, -0.15) is 0 Å². The first-order chi connectivity index (χ1) is 12.2. The minimum Gasteiger partial charge on any atom is -0.352 e.